The molecule has 0 aliphatic rings. The fourth-order valence-corrected chi connectivity index (χ4v) is 1.79. The highest BCUT2D eigenvalue weighted by Crippen LogP contribution is 2.04. The van der Waals surface area contributed by atoms with Crippen molar-refractivity contribution in [2.24, 2.45) is 0 Å². The Morgan fingerprint density at radius 2 is 2.06 bits per heavy atom. The second kappa shape index (κ2) is 7.33. The van der Waals surface area contributed by atoms with Gasteiger partial charge < -0.3 is 4.90 Å². The number of carbonyl (C=O) groups is 1. The summed E-state index contributed by atoms with van der Waals surface area (Å²) in [5.74, 6) is 0.00787. The Hall–Kier alpha value is -0.970. The average Bonchev–Trinajstić information content (AvgIpc) is 2.35. The first-order valence-corrected chi connectivity index (χ1v) is 6.52. The van der Waals surface area contributed by atoms with Crippen molar-refractivity contribution in [2.75, 3.05) is 18.4 Å². The average molecular weight is 286 g/mol. The van der Waals surface area contributed by atoms with Crippen LogP contribution in [0.1, 0.15) is 30.1 Å². The van der Waals surface area contributed by atoms with Crippen LogP contribution in [0.5, 0.6) is 0 Å². The van der Waals surface area contributed by atoms with Crippen molar-refractivity contribution in [2.45, 2.75) is 19.8 Å². The number of aromatic nitrogens is 2. The van der Waals surface area contributed by atoms with E-state index in [-0.39, 0.29) is 5.91 Å². The molecule has 0 aliphatic heterocycles. The van der Waals surface area contributed by atoms with E-state index in [9.17, 15) is 4.79 Å². The predicted octanol–water partition coefficient (Wildman–Crippen LogP) is 2.11. The van der Waals surface area contributed by atoms with Crippen molar-refractivity contribution in [3.05, 3.63) is 24.3 Å². The summed E-state index contributed by atoms with van der Waals surface area (Å²) in [6, 6.07) is 0. The van der Waals surface area contributed by atoms with Crippen LogP contribution in [0.2, 0.25) is 0 Å². The van der Waals surface area contributed by atoms with Gasteiger partial charge in [0.15, 0.2) is 0 Å². The number of carbonyl (C=O) groups excluding carboxylic acids is 1. The Kier molecular flexibility index (Phi) is 6.00. The third-order valence-corrected chi connectivity index (χ3v) is 2.59. The third-order valence-electron chi connectivity index (χ3n) is 2.23. The maximum absolute atomic E-state index is 12.1. The quantitative estimate of drug-likeness (QED) is 0.752. The molecule has 1 aromatic heterocycles. The number of hydrogen-bond acceptors (Lipinski definition) is 3. The van der Waals surface area contributed by atoms with Crippen LogP contribution in [-0.2, 0) is 0 Å². The van der Waals surface area contributed by atoms with Crippen molar-refractivity contribution in [3.63, 3.8) is 0 Å². The van der Waals surface area contributed by atoms with Gasteiger partial charge in [-0.15, -0.1) is 0 Å². The lowest BCUT2D eigenvalue weighted by Gasteiger charge is -2.21. The molecule has 0 spiro atoms. The number of rotatable bonds is 6. The molecule has 0 saturated carbocycles. The van der Waals surface area contributed by atoms with Crippen molar-refractivity contribution in [3.8, 4) is 0 Å². The highest BCUT2D eigenvalue weighted by molar-refractivity contribution is 9.09. The summed E-state index contributed by atoms with van der Waals surface area (Å²) in [4.78, 5) is 21.6. The number of unbranched alkanes of at least 4 members (excludes halogenated alkanes) is 1. The first-order valence-electron chi connectivity index (χ1n) is 5.39. The highest BCUT2D eigenvalue weighted by Gasteiger charge is 2.14. The number of hydrogen-bond donors (Lipinski definition) is 0. The SMILES string of the molecule is CCCCN(CCBr)C(=O)c1cncnc1. The second-order valence-corrected chi connectivity index (χ2v) is 4.25. The lowest BCUT2D eigenvalue weighted by Crippen LogP contribution is -2.33. The molecule has 0 radical (unpaired) electrons. The normalized spacial score (nSPS) is 10.1. The van der Waals surface area contributed by atoms with Gasteiger partial charge in [0.1, 0.15) is 6.33 Å². The van der Waals surface area contributed by atoms with Crippen molar-refractivity contribution < 1.29 is 4.79 Å². The van der Waals surface area contributed by atoms with Gasteiger partial charge in [-0.05, 0) is 6.42 Å². The minimum absolute atomic E-state index is 0.00787. The lowest BCUT2D eigenvalue weighted by atomic mass is 10.2. The van der Waals surface area contributed by atoms with Gasteiger partial charge in [-0.1, -0.05) is 29.3 Å². The molecule has 1 amide bonds. The van der Waals surface area contributed by atoms with Crippen LogP contribution >= 0.6 is 15.9 Å². The molecular formula is C11H16BrN3O. The molecule has 0 saturated heterocycles. The van der Waals surface area contributed by atoms with E-state index in [0.717, 1.165) is 24.7 Å². The minimum atomic E-state index is 0.00787. The molecular weight excluding hydrogens is 270 g/mol. The zero-order valence-corrected chi connectivity index (χ0v) is 11.0. The van der Waals surface area contributed by atoms with Crippen molar-refractivity contribution >= 4 is 21.8 Å². The summed E-state index contributed by atoms with van der Waals surface area (Å²) in [5.41, 5.74) is 0.555. The third kappa shape index (κ3) is 3.89. The monoisotopic (exact) mass is 285 g/mol. The van der Waals surface area contributed by atoms with Crippen molar-refractivity contribution in [1.29, 1.82) is 0 Å². The van der Waals surface area contributed by atoms with Crippen LogP contribution in [0.3, 0.4) is 0 Å². The molecule has 0 aliphatic carbocycles. The molecule has 4 nitrogen and oxygen atoms in total. The van der Waals surface area contributed by atoms with Gasteiger partial charge in [0.05, 0.1) is 5.56 Å². The molecule has 0 N–H and O–H groups in total. The molecule has 0 fully saturated rings. The second-order valence-electron chi connectivity index (χ2n) is 3.46. The summed E-state index contributed by atoms with van der Waals surface area (Å²) in [6.07, 6.45) is 6.65. The number of nitrogens with zero attached hydrogens (tertiary/aromatic N) is 3. The van der Waals surface area contributed by atoms with Crippen LogP contribution in [0, 0.1) is 0 Å². The fraction of sp³-hybridized carbons (Fsp3) is 0.545. The smallest absolute Gasteiger partial charge is 0.257 e. The maximum atomic E-state index is 12.1. The van der Waals surface area contributed by atoms with E-state index in [4.69, 9.17) is 0 Å². The molecule has 0 atom stereocenters. The molecule has 5 heteroatoms. The Morgan fingerprint density at radius 3 is 2.62 bits per heavy atom. The van der Waals surface area contributed by atoms with Gasteiger partial charge in [-0.2, -0.15) is 0 Å². The fourth-order valence-electron chi connectivity index (χ4n) is 1.36. The van der Waals surface area contributed by atoms with Crippen LogP contribution in [0.4, 0.5) is 0 Å². The summed E-state index contributed by atoms with van der Waals surface area (Å²) in [6.45, 7) is 3.62. The summed E-state index contributed by atoms with van der Waals surface area (Å²) in [5, 5.41) is 0.788. The molecule has 0 unspecified atom stereocenters. The molecule has 16 heavy (non-hydrogen) atoms. The topological polar surface area (TPSA) is 46.1 Å². The zero-order chi connectivity index (χ0) is 11.8. The Morgan fingerprint density at radius 1 is 1.38 bits per heavy atom. The first kappa shape index (κ1) is 13.1. The van der Waals surface area contributed by atoms with Crippen LogP contribution < -0.4 is 0 Å². The van der Waals surface area contributed by atoms with Gasteiger partial charge in [0.2, 0.25) is 0 Å². The van der Waals surface area contributed by atoms with E-state index in [2.05, 4.69) is 32.8 Å². The molecule has 0 aromatic carbocycles. The lowest BCUT2D eigenvalue weighted by molar-refractivity contribution is 0.0763. The molecule has 88 valence electrons. The van der Waals surface area contributed by atoms with E-state index in [0.29, 0.717) is 12.1 Å². The standard InChI is InChI=1S/C11H16BrN3O/c1-2-3-5-15(6-4-12)11(16)10-7-13-9-14-8-10/h7-9H,2-6H2,1H3. The van der Waals surface area contributed by atoms with Gasteiger partial charge >= 0.3 is 0 Å². The highest BCUT2D eigenvalue weighted by atomic mass is 79.9. The van der Waals surface area contributed by atoms with Crippen LogP contribution in [0.15, 0.2) is 18.7 Å². The molecule has 1 aromatic rings. The minimum Gasteiger partial charge on any atom is -0.338 e. The van der Waals surface area contributed by atoms with Crippen molar-refractivity contribution in [1.82, 2.24) is 14.9 Å². The van der Waals surface area contributed by atoms with Gasteiger partial charge in [0, 0.05) is 30.8 Å². The first-order chi connectivity index (χ1) is 7.79. The van der Waals surface area contributed by atoms with E-state index >= 15 is 0 Å². The van der Waals surface area contributed by atoms with E-state index in [1.807, 2.05) is 4.90 Å². The molecule has 1 rings (SSSR count). The van der Waals surface area contributed by atoms with E-state index < -0.39 is 0 Å². The van der Waals surface area contributed by atoms with Crippen LogP contribution in [0.25, 0.3) is 0 Å². The number of alkyl halides is 1. The predicted molar refractivity (Wildman–Crippen MR) is 66.6 cm³/mol. The van der Waals surface area contributed by atoms with E-state index in [1.165, 1.54) is 6.33 Å². The van der Waals surface area contributed by atoms with Gasteiger partial charge in [-0.25, -0.2) is 9.97 Å². The Balaban J connectivity index is 2.67. The maximum Gasteiger partial charge on any atom is 0.257 e. The van der Waals surface area contributed by atoms with Gasteiger partial charge in [0.25, 0.3) is 5.91 Å². The largest absolute Gasteiger partial charge is 0.338 e. The van der Waals surface area contributed by atoms with Gasteiger partial charge in [-0.3, -0.25) is 4.79 Å². The Labute approximate surface area is 104 Å². The zero-order valence-electron chi connectivity index (χ0n) is 9.40. The number of halogens is 1. The molecule has 0 bridgehead atoms. The summed E-state index contributed by atoms with van der Waals surface area (Å²) < 4.78 is 0. The Bertz CT molecular complexity index is 318. The van der Waals surface area contributed by atoms with Crippen LogP contribution in [-0.4, -0.2) is 39.2 Å². The summed E-state index contributed by atoms with van der Waals surface area (Å²) >= 11 is 3.36. The molecule has 1 heterocycles. The number of amides is 1. The summed E-state index contributed by atoms with van der Waals surface area (Å²) in [7, 11) is 0. The van der Waals surface area contributed by atoms with E-state index in [1.54, 1.807) is 12.4 Å².